The summed E-state index contributed by atoms with van der Waals surface area (Å²) >= 11 is 0. The molecule has 1 aliphatic rings. The molecule has 0 bridgehead atoms. The Hall–Kier alpha value is -4.59. The second-order valence-electron chi connectivity index (χ2n) is 9.50. The summed E-state index contributed by atoms with van der Waals surface area (Å²) < 4.78 is 6.24. The molecule has 37 heavy (non-hydrogen) atoms. The van der Waals surface area contributed by atoms with Crippen LogP contribution in [0.3, 0.4) is 0 Å². The molecule has 6 aromatic rings. The van der Waals surface area contributed by atoms with E-state index >= 15 is 0 Å². The van der Waals surface area contributed by atoms with Gasteiger partial charge in [-0.3, -0.25) is 20.1 Å². The first-order chi connectivity index (χ1) is 18.3. The number of ether oxygens (including phenoxy) is 1. The Labute approximate surface area is 213 Å². The van der Waals surface area contributed by atoms with Gasteiger partial charge in [-0.1, -0.05) is 6.42 Å². The van der Waals surface area contributed by atoms with Crippen LogP contribution in [0.15, 0.2) is 73.4 Å². The van der Waals surface area contributed by atoms with Crippen LogP contribution in [0.4, 0.5) is 0 Å². The molecule has 6 aromatic heterocycles. The maximum absolute atomic E-state index is 6.24. The normalized spacial score (nSPS) is 14.4. The highest BCUT2D eigenvalue weighted by Gasteiger charge is 2.18. The van der Waals surface area contributed by atoms with Crippen LogP contribution in [0.2, 0.25) is 0 Å². The molecular formula is C29H25N7O. The molecule has 0 spiro atoms. The summed E-state index contributed by atoms with van der Waals surface area (Å²) in [6, 6.07) is 14.0. The van der Waals surface area contributed by atoms with E-state index in [0.717, 1.165) is 74.4 Å². The van der Waals surface area contributed by atoms with Crippen LogP contribution in [0.25, 0.3) is 55.8 Å². The van der Waals surface area contributed by atoms with Gasteiger partial charge in [-0.05, 0) is 68.1 Å². The first kappa shape index (κ1) is 21.7. The van der Waals surface area contributed by atoms with Gasteiger partial charge >= 0.3 is 0 Å². The third-order valence-corrected chi connectivity index (χ3v) is 7.01. The van der Waals surface area contributed by atoms with Crippen molar-refractivity contribution in [2.45, 2.75) is 38.2 Å². The molecule has 1 saturated carbocycles. The second-order valence-corrected chi connectivity index (χ2v) is 9.50. The zero-order chi connectivity index (χ0) is 24.6. The molecule has 0 radical (unpaired) electrons. The highest BCUT2D eigenvalue weighted by atomic mass is 16.5. The van der Waals surface area contributed by atoms with Gasteiger partial charge in [0, 0.05) is 46.8 Å². The molecule has 7 rings (SSSR count). The van der Waals surface area contributed by atoms with Crippen molar-refractivity contribution in [2.75, 3.05) is 0 Å². The number of aromatic nitrogens is 7. The van der Waals surface area contributed by atoms with E-state index in [1.54, 1.807) is 18.6 Å². The van der Waals surface area contributed by atoms with Crippen LogP contribution in [0.1, 0.15) is 32.1 Å². The fraction of sp³-hybridized carbons (Fsp3) is 0.207. The maximum atomic E-state index is 6.24. The van der Waals surface area contributed by atoms with Crippen molar-refractivity contribution in [3.63, 3.8) is 0 Å². The quantitative estimate of drug-likeness (QED) is 0.294. The summed E-state index contributed by atoms with van der Waals surface area (Å²) in [6.45, 7) is 0. The van der Waals surface area contributed by atoms with Gasteiger partial charge in [-0.2, -0.15) is 5.10 Å². The molecule has 182 valence electrons. The first-order valence-electron chi connectivity index (χ1n) is 12.7. The van der Waals surface area contributed by atoms with Crippen molar-refractivity contribution in [2.24, 2.45) is 0 Å². The molecule has 0 amide bonds. The number of rotatable bonds is 5. The molecule has 0 saturated heterocycles. The predicted molar refractivity (Wildman–Crippen MR) is 143 cm³/mol. The van der Waals surface area contributed by atoms with E-state index in [0.29, 0.717) is 0 Å². The van der Waals surface area contributed by atoms with E-state index in [2.05, 4.69) is 36.2 Å². The van der Waals surface area contributed by atoms with Crippen LogP contribution >= 0.6 is 0 Å². The van der Waals surface area contributed by atoms with Gasteiger partial charge in [0.25, 0.3) is 0 Å². The Morgan fingerprint density at radius 1 is 0.811 bits per heavy atom. The molecular weight excluding hydrogens is 462 g/mol. The van der Waals surface area contributed by atoms with E-state index in [-0.39, 0.29) is 6.10 Å². The third-order valence-electron chi connectivity index (χ3n) is 7.01. The monoisotopic (exact) mass is 487 g/mol. The van der Waals surface area contributed by atoms with Gasteiger partial charge in [0.2, 0.25) is 0 Å². The summed E-state index contributed by atoms with van der Waals surface area (Å²) in [5.74, 6) is 0.796. The number of hydrogen-bond acceptors (Lipinski definition) is 6. The lowest BCUT2D eigenvalue weighted by Gasteiger charge is -2.22. The standard InChI is InChI=1S/C29H25N7O/c1-2-6-20(7-3-1)37-21-13-19(16-31-17-21)23-8-9-25-28(34-23)29(36-35-25)26-14-22-24(33-26)10-12-32-27(22)18-5-4-11-30-15-18/h4-5,8-17,20,33H,1-3,6-7H2,(H,35,36). The van der Waals surface area contributed by atoms with Crippen molar-refractivity contribution >= 4 is 21.9 Å². The number of nitrogens with zero attached hydrogens (tertiary/aromatic N) is 5. The number of aromatic amines is 2. The summed E-state index contributed by atoms with van der Waals surface area (Å²) in [6.07, 6.45) is 15.3. The Balaban J connectivity index is 1.26. The summed E-state index contributed by atoms with van der Waals surface area (Å²) in [5.41, 5.74) is 7.85. The van der Waals surface area contributed by atoms with E-state index < -0.39 is 0 Å². The van der Waals surface area contributed by atoms with Gasteiger partial charge in [-0.25, -0.2) is 4.98 Å². The molecule has 8 heteroatoms. The SMILES string of the molecule is c1cncc(-c2nccc3[nH]c(-c4n[nH]c5ccc(-c6cncc(OC7CCCCC7)c6)nc45)cc23)c1. The number of nitrogens with one attached hydrogen (secondary N) is 2. The molecule has 2 N–H and O–H groups in total. The number of pyridine rings is 4. The zero-order valence-corrected chi connectivity index (χ0v) is 20.2. The Bertz CT molecular complexity index is 1700. The van der Waals surface area contributed by atoms with Crippen molar-refractivity contribution < 1.29 is 4.74 Å². The van der Waals surface area contributed by atoms with Crippen molar-refractivity contribution in [3.8, 4) is 39.7 Å². The summed E-state index contributed by atoms with van der Waals surface area (Å²) in [4.78, 5) is 21.8. The smallest absolute Gasteiger partial charge is 0.138 e. The molecule has 0 aliphatic heterocycles. The molecule has 1 aliphatic carbocycles. The number of fused-ring (bicyclic) bond motifs is 2. The molecule has 0 aromatic carbocycles. The predicted octanol–water partition coefficient (Wildman–Crippen LogP) is 6.34. The van der Waals surface area contributed by atoms with Gasteiger partial charge in [0.15, 0.2) is 0 Å². The topological polar surface area (TPSA) is 105 Å². The maximum Gasteiger partial charge on any atom is 0.138 e. The van der Waals surface area contributed by atoms with Gasteiger partial charge in [0.05, 0.1) is 34.9 Å². The van der Waals surface area contributed by atoms with Crippen LogP contribution in [0, 0.1) is 0 Å². The van der Waals surface area contributed by atoms with Gasteiger partial charge < -0.3 is 9.72 Å². The minimum Gasteiger partial charge on any atom is -0.489 e. The lowest BCUT2D eigenvalue weighted by atomic mass is 9.98. The number of H-pyrrole nitrogens is 2. The largest absolute Gasteiger partial charge is 0.489 e. The highest BCUT2D eigenvalue weighted by Crippen LogP contribution is 2.33. The summed E-state index contributed by atoms with van der Waals surface area (Å²) in [5, 5.41) is 8.73. The van der Waals surface area contributed by atoms with Gasteiger partial charge in [-0.15, -0.1) is 0 Å². The Morgan fingerprint density at radius 2 is 1.73 bits per heavy atom. The Morgan fingerprint density at radius 3 is 2.62 bits per heavy atom. The minimum absolute atomic E-state index is 0.273. The lowest BCUT2D eigenvalue weighted by Crippen LogP contribution is -2.19. The molecule has 0 unspecified atom stereocenters. The van der Waals surface area contributed by atoms with Crippen molar-refractivity contribution in [1.82, 2.24) is 35.1 Å². The second kappa shape index (κ2) is 9.13. The molecule has 1 fully saturated rings. The van der Waals surface area contributed by atoms with E-state index in [9.17, 15) is 0 Å². The first-order valence-corrected chi connectivity index (χ1v) is 12.7. The number of hydrogen-bond donors (Lipinski definition) is 2. The summed E-state index contributed by atoms with van der Waals surface area (Å²) in [7, 11) is 0. The Kier molecular flexibility index (Phi) is 5.35. The van der Waals surface area contributed by atoms with Gasteiger partial charge in [0.1, 0.15) is 17.0 Å². The van der Waals surface area contributed by atoms with Crippen LogP contribution in [0.5, 0.6) is 5.75 Å². The van der Waals surface area contributed by atoms with E-state index in [4.69, 9.17) is 9.72 Å². The fourth-order valence-electron chi connectivity index (χ4n) is 5.16. The molecule has 8 nitrogen and oxygen atoms in total. The molecule has 0 atom stereocenters. The van der Waals surface area contributed by atoms with Crippen molar-refractivity contribution in [1.29, 1.82) is 0 Å². The van der Waals surface area contributed by atoms with Crippen molar-refractivity contribution in [3.05, 3.63) is 73.4 Å². The fourth-order valence-corrected chi connectivity index (χ4v) is 5.16. The average molecular weight is 488 g/mol. The van der Waals surface area contributed by atoms with E-state index in [1.165, 1.54) is 19.3 Å². The third kappa shape index (κ3) is 4.10. The van der Waals surface area contributed by atoms with Crippen LogP contribution in [-0.4, -0.2) is 41.2 Å². The molecule has 6 heterocycles. The average Bonchev–Trinajstić information content (AvgIpc) is 3.58. The highest BCUT2D eigenvalue weighted by molar-refractivity contribution is 5.99. The minimum atomic E-state index is 0.273. The zero-order valence-electron chi connectivity index (χ0n) is 20.2. The van der Waals surface area contributed by atoms with E-state index in [1.807, 2.05) is 48.8 Å². The lowest BCUT2D eigenvalue weighted by molar-refractivity contribution is 0.154. The van der Waals surface area contributed by atoms with Crippen LogP contribution in [-0.2, 0) is 0 Å². The van der Waals surface area contributed by atoms with Crippen LogP contribution < -0.4 is 4.74 Å².